The number of carbonyl (C=O) groups is 2. The Morgan fingerprint density at radius 2 is 1.30 bits per heavy atom. The van der Waals surface area contributed by atoms with Crippen LogP contribution in [-0.4, -0.2) is 74.9 Å². The van der Waals surface area contributed by atoms with Crippen LogP contribution in [-0.2, 0) is 32.7 Å². The van der Waals surface area contributed by atoms with Crippen molar-refractivity contribution in [2.75, 3.05) is 47.5 Å². The van der Waals surface area contributed by atoms with Crippen LogP contribution < -0.4 is 0 Å². The van der Waals surface area contributed by atoms with Gasteiger partial charge in [0.05, 0.1) is 27.7 Å². The van der Waals surface area contributed by atoms with E-state index in [1.165, 1.54) is 0 Å². The predicted molar refractivity (Wildman–Crippen MR) is 178 cm³/mol. The highest BCUT2D eigenvalue weighted by atomic mass is 31.2. The molecule has 0 fully saturated rings. The van der Waals surface area contributed by atoms with E-state index in [9.17, 15) is 19.0 Å². The maximum absolute atomic E-state index is 12.4. The van der Waals surface area contributed by atoms with Crippen molar-refractivity contribution in [3.63, 3.8) is 0 Å². The summed E-state index contributed by atoms with van der Waals surface area (Å²) in [4.78, 5) is 34.2. The van der Waals surface area contributed by atoms with E-state index in [0.717, 1.165) is 64.2 Å². The van der Waals surface area contributed by atoms with Gasteiger partial charge in [0.2, 0.25) is 0 Å². The number of carbonyl (C=O) groups excluding carboxylic acids is 2. The first kappa shape index (κ1) is 42.0. The van der Waals surface area contributed by atoms with Crippen LogP contribution >= 0.6 is 7.82 Å². The van der Waals surface area contributed by atoms with E-state index in [1.807, 2.05) is 28.1 Å². The van der Waals surface area contributed by atoms with Gasteiger partial charge in [0.1, 0.15) is 19.8 Å². The van der Waals surface area contributed by atoms with E-state index in [1.54, 1.807) is 0 Å². The zero-order valence-corrected chi connectivity index (χ0v) is 29.0. The van der Waals surface area contributed by atoms with Crippen LogP contribution in [0.5, 0.6) is 0 Å². The summed E-state index contributed by atoms with van der Waals surface area (Å²) in [7, 11) is 1.45. The molecule has 0 saturated heterocycles. The number of rotatable bonds is 28. The summed E-state index contributed by atoms with van der Waals surface area (Å²) in [5.74, 6) is -0.884. The van der Waals surface area contributed by atoms with E-state index in [-0.39, 0.29) is 26.1 Å². The number of nitrogens with zero attached hydrogens (tertiary/aromatic N) is 1. The number of phosphoric ester groups is 1. The molecule has 0 amide bonds. The molecule has 0 aliphatic carbocycles. The Morgan fingerprint density at radius 3 is 1.89 bits per heavy atom. The van der Waals surface area contributed by atoms with Crippen LogP contribution in [0.4, 0.5) is 0 Å². The van der Waals surface area contributed by atoms with Gasteiger partial charge in [-0.05, 0) is 51.4 Å². The van der Waals surface area contributed by atoms with Gasteiger partial charge in [0, 0.05) is 12.8 Å². The molecule has 0 bridgehead atoms. The van der Waals surface area contributed by atoms with E-state index in [2.05, 4.69) is 55.5 Å². The second kappa shape index (κ2) is 27.3. The molecule has 10 heteroatoms. The molecule has 0 aliphatic rings. The predicted octanol–water partition coefficient (Wildman–Crippen LogP) is 8.01. The number of hydrogen-bond donors (Lipinski definition) is 1. The van der Waals surface area contributed by atoms with Gasteiger partial charge in [-0.25, -0.2) is 4.57 Å². The maximum Gasteiger partial charge on any atom is 0.472 e. The Hall–Kier alpha value is -2.03. The third-order valence-electron chi connectivity index (χ3n) is 6.34. The van der Waals surface area contributed by atoms with Gasteiger partial charge in [-0.2, -0.15) is 0 Å². The van der Waals surface area contributed by atoms with Crippen molar-refractivity contribution in [1.82, 2.24) is 0 Å². The first-order chi connectivity index (χ1) is 21.0. The van der Waals surface area contributed by atoms with Crippen LogP contribution in [0.15, 0.2) is 48.6 Å². The monoisotopic (exact) mass is 642 g/mol. The van der Waals surface area contributed by atoms with Gasteiger partial charge in [-0.1, -0.05) is 88.1 Å². The second-order valence-corrected chi connectivity index (χ2v) is 13.3. The number of ether oxygens (including phenoxy) is 2. The van der Waals surface area contributed by atoms with Gasteiger partial charge in [0.25, 0.3) is 0 Å². The topological polar surface area (TPSA) is 108 Å². The summed E-state index contributed by atoms with van der Waals surface area (Å²) in [6.45, 7) is 3.86. The van der Waals surface area contributed by atoms with E-state index in [0.29, 0.717) is 23.9 Å². The Kier molecular flexibility index (Phi) is 26.0. The van der Waals surface area contributed by atoms with Gasteiger partial charge >= 0.3 is 19.8 Å². The van der Waals surface area contributed by atoms with Gasteiger partial charge < -0.3 is 18.9 Å². The smallest absolute Gasteiger partial charge is 0.462 e. The maximum atomic E-state index is 12.4. The van der Waals surface area contributed by atoms with E-state index in [4.69, 9.17) is 18.5 Å². The van der Waals surface area contributed by atoms with Gasteiger partial charge in [-0.15, -0.1) is 0 Å². The molecular formula is C34H61NO8P+. The van der Waals surface area contributed by atoms with Gasteiger partial charge in [0.15, 0.2) is 6.10 Å². The van der Waals surface area contributed by atoms with E-state index >= 15 is 0 Å². The zero-order chi connectivity index (χ0) is 32.9. The molecule has 9 nitrogen and oxygen atoms in total. The molecule has 0 aromatic carbocycles. The molecule has 0 saturated carbocycles. The van der Waals surface area contributed by atoms with Crippen molar-refractivity contribution in [1.29, 1.82) is 0 Å². The summed E-state index contributed by atoms with van der Waals surface area (Å²) >= 11 is 0. The minimum Gasteiger partial charge on any atom is -0.462 e. The first-order valence-electron chi connectivity index (χ1n) is 16.4. The number of unbranched alkanes of at least 4 members (excludes halogenated alkanes) is 6. The lowest BCUT2D eigenvalue weighted by Gasteiger charge is -2.24. The highest BCUT2D eigenvalue weighted by Gasteiger charge is 2.26. The van der Waals surface area contributed by atoms with E-state index < -0.39 is 32.5 Å². The normalized spacial score (nSPS) is 14.6. The Labute approximate surface area is 267 Å². The summed E-state index contributed by atoms with van der Waals surface area (Å²) in [6, 6.07) is 0. The summed E-state index contributed by atoms with van der Waals surface area (Å²) < 4.78 is 33.4. The van der Waals surface area contributed by atoms with Crippen molar-refractivity contribution >= 4 is 19.8 Å². The molecule has 2 atom stereocenters. The summed E-state index contributed by atoms with van der Waals surface area (Å²) in [6.07, 6.45) is 28.9. The molecule has 2 unspecified atom stereocenters. The molecule has 0 aliphatic heterocycles. The summed E-state index contributed by atoms with van der Waals surface area (Å²) in [5, 5.41) is 0. The molecule has 0 rings (SSSR count). The number of hydrogen-bond acceptors (Lipinski definition) is 7. The number of esters is 2. The Balaban J connectivity index is 4.17. The van der Waals surface area contributed by atoms with Crippen LogP contribution in [0.25, 0.3) is 0 Å². The largest absolute Gasteiger partial charge is 0.472 e. The number of quaternary nitrogens is 1. The van der Waals surface area contributed by atoms with Crippen molar-refractivity contribution in [3.05, 3.63) is 48.6 Å². The highest BCUT2D eigenvalue weighted by molar-refractivity contribution is 7.47. The lowest BCUT2D eigenvalue weighted by atomic mass is 10.1. The summed E-state index contributed by atoms with van der Waals surface area (Å²) in [5.41, 5.74) is 0. The molecule has 0 heterocycles. The van der Waals surface area contributed by atoms with Crippen LogP contribution in [0, 0.1) is 0 Å². The van der Waals surface area contributed by atoms with Crippen LogP contribution in [0.1, 0.15) is 104 Å². The number of phosphoric acid groups is 1. The van der Waals surface area contributed by atoms with Crippen molar-refractivity contribution in [3.8, 4) is 0 Å². The fourth-order valence-electron chi connectivity index (χ4n) is 3.80. The average molecular weight is 643 g/mol. The van der Waals surface area contributed by atoms with Crippen molar-refractivity contribution in [2.45, 2.75) is 110 Å². The minimum absolute atomic E-state index is 0.0254. The molecule has 254 valence electrons. The fourth-order valence-corrected chi connectivity index (χ4v) is 4.55. The van der Waals surface area contributed by atoms with Gasteiger partial charge in [-0.3, -0.25) is 18.6 Å². The molecule has 0 aromatic rings. The molecule has 0 radical (unpaired) electrons. The molecular weight excluding hydrogens is 581 g/mol. The average Bonchev–Trinajstić information content (AvgIpc) is 2.95. The third-order valence-corrected chi connectivity index (χ3v) is 7.33. The SMILES string of the molecule is CC/C=C\C/C=C\C/C=C\C/C=C\CCCCCCCCC(=O)OC(COC(=O)CCC)COP(=O)(O)OCC[N+](C)(C)C. The second-order valence-electron chi connectivity index (χ2n) is 11.8. The van der Waals surface area contributed by atoms with Crippen molar-refractivity contribution in [2.24, 2.45) is 0 Å². The Morgan fingerprint density at radius 1 is 0.727 bits per heavy atom. The molecule has 1 N–H and O–H groups in total. The first-order valence-corrected chi connectivity index (χ1v) is 17.9. The zero-order valence-electron chi connectivity index (χ0n) is 28.1. The van der Waals surface area contributed by atoms with Crippen LogP contribution in [0.2, 0.25) is 0 Å². The molecule has 0 aromatic heterocycles. The molecule has 44 heavy (non-hydrogen) atoms. The Bertz CT molecular complexity index is 907. The van der Waals surface area contributed by atoms with Crippen molar-refractivity contribution < 1.29 is 42.1 Å². The lowest BCUT2D eigenvalue weighted by Crippen LogP contribution is -2.37. The third kappa shape index (κ3) is 30.0. The number of allylic oxidation sites excluding steroid dienone is 8. The quantitative estimate of drug-likeness (QED) is 0.0301. The molecule has 0 spiro atoms. The number of likely N-dealkylation sites (N-methyl/N-ethyl adjacent to an activating group) is 1. The fraction of sp³-hybridized carbons (Fsp3) is 0.706. The minimum atomic E-state index is -4.35. The standard InChI is InChI=1S/C34H60NO8P/c1-6-8-9-10-11-12-13-14-15-16-17-18-19-20-21-22-23-24-25-27-34(37)43-32(30-40-33(36)26-7-2)31-42-44(38,39)41-29-28-35(3,4)5/h8-9,11-12,14-15,17-18,32H,6-7,10,13,16,19-31H2,1-5H3/p+1/b9-8-,12-11-,15-14-,18-17-. The van der Waals surface area contributed by atoms with Crippen LogP contribution in [0.3, 0.4) is 0 Å². The lowest BCUT2D eigenvalue weighted by molar-refractivity contribution is -0.870. The highest BCUT2D eigenvalue weighted by Crippen LogP contribution is 2.43.